The van der Waals surface area contributed by atoms with Gasteiger partial charge in [0, 0.05) is 31.1 Å². The van der Waals surface area contributed by atoms with Crippen LogP contribution in [0.2, 0.25) is 0 Å². The first-order valence-electron chi connectivity index (χ1n) is 7.92. The summed E-state index contributed by atoms with van der Waals surface area (Å²) in [6.45, 7) is 3.19. The zero-order valence-electron chi connectivity index (χ0n) is 14.1. The number of benzene rings is 1. The van der Waals surface area contributed by atoms with Gasteiger partial charge in [-0.3, -0.25) is 4.79 Å². The molecule has 0 aliphatic carbocycles. The van der Waals surface area contributed by atoms with Crippen molar-refractivity contribution in [3.8, 4) is 5.75 Å². The molecule has 0 saturated carbocycles. The van der Waals surface area contributed by atoms with E-state index in [1.807, 2.05) is 13.0 Å². The molecule has 8 heteroatoms. The van der Waals surface area contributed by atoms with E-state index >= 15 is 0 Å². The van der Waals surface area contributed by atoms with E-state index in [9.17, 15) is 13.2 Å². The third-order valence-corrected chi connectivity index (χ3v) is 7.54. The Morgan fingerprint density at radius 3 is 2.36 bits per heavy atom. The van der Waals surface area contributed by atoms with E-state index in [2.05, 4.69) is 0 Å². The smallest absolute Gasteiger partial charge is 0.257 e. The lowest BCUT2D eigenvalue weighted by molar-refractivity contribution is 0.0694. The Hall–Kier alpha value is -1.90. The molecule has 1 aromatic heterocycles. The standard InChI is InChI=1S/C17H20N2O4S2/c1-13-7-8-16(24-13)25(21,22)19-11-9-18(10-12-19)17(20)14-5-3-4-6-15(14)23-2/h3-8H,9-12H2,1-2H3. The van der Waals surface area contributed by atoms with Crippen LogP contribution < -0.4 is 4.74 Å². The van der Waals surface area contributed by atoms with Crippen LogP contribution in [0.5, 0.6) is 5.75 Å². The fourth-order valence-corrected chi connectivity index (χ4v) is 5.66. The van der Waals surface area contributed by atoms with Gasteiger partial charge in [-0.1, -0.05) is 12.1 Å². The van der Waals surface area contributed by atoms with Crippen molar-refractivity contribution in [2.45, 2.75) is 11.1 Å². The Morgan fingerprint density at radius 1 is 1.08 bits per heavy atom. The zero-order valence-corrected chi connectivity index (χ0v) is 15.8. The first-order chi connectivity index (χ1) is 11.9. The molecule has 134 valence electrons. The molecule has 1 amide bonds. The van der Waals surface area contributed by atoms with Crippen molar-refractivity contribution >= 4 is 27.3 Å². The number of rotatable bonds is 4. The van der Waals surface area contributed by atoms with E-state index < -0.39 is 10.0 Å². The lowest BCUT2D eigenvalue weighted by Crippen LogP contribution is -2.50. The molecule has 0 bridgehead atoms. The van der Waals surface area contributed by atoms with E-state index in [1.54, 1.807) is 35.2 Å². The van der Waals surface area contributed by atoms with Gasteiger partial charge in [0.05, 0.1) is 12.7 Å². The van der Waals surface area contributed by atoms with Gasteiger partial charge in [0.15, 0.2) is 0 Å². The molecule has 25 heavy (non-hydrogen) atoms. The molecule has 0 N–H and O–H groups in total. The van der Waals surface area contributed by atoms with Crippen LogP contribution in [0, 0.1) is 6.92 Å². The fourth-order valence-electron chi connectivity index (χ4n) is 2.80. The number of piperazine rings is 1. The summed E-state index contributed by atoms with van der Waals surface area (Å²) in [5.74, 6) is 0.387. The van der Waals surface area contributed by atoms with E-state index in [1.165, 1.54) is 22.8 Å². The highest BCUT2D eigenvalue weighted by atomic mass is 32.2. The van der Waals surface area contributed by atoms with Crippen LogP contribution in [0.4, 0.5) is 0 Å². The van der Waals surface area contributed by atoms with Gasteiger partial charge in [-0.05, 0) is 31.2 Å². The summed E-state index contributed by atoms with van der Waals surface area (Å²) >= 11 is 1.27. The van der Waals surface area contributed by atoms with E-state index in [4.69, 9.17) is 4.74 Å². The van der Waals surface area contributed by atoms with Crippen molar-refractivity contribution in [3.63, 3.8) is 0 Å². The Kier molecular flexibility index (Phi) is 5.12. The van der Waals surface area contributed by atoms with Crippen molar-refractivity contribution in [3.05, 3.63) is 46.8 Å². The maximum atomic E-state index is 12.7. The van der Waals surface area contributed by atoms with Crippen molar-refractivity contribution in [2.75, 3.05) is 33.3 Å². The van der Waals surface area contributed by atoms with Gasteiger partial charge in [0.2, 0.25) is 0 Å². The van der Waals surface area contributed by atoms with Gasteiger partial charge in [0.1, 0.15) is 9.96 Å². The number of nitrogens with zero attached hydrogens (tertiary/aromatic N) is 2. The summed E-state index contributed by atoms with van der Waals surface area (Å²) in [7, 11) is -1.95. The second kappa shape index (κ2) is 7.15. The van der Waals surface area contributed by atoms with Gasteiger partial charge >= 0.3 is 0 Å². The number of para-hydroxylation sites is 1. The predicted molar refractivity (Wildman–Crippen MR) is 96.7 cm³/mol. The third kappa shape index (κ3) is 3.56. The quantitative estimate of drug-likeness (QED) is 0.816. The molecule has 2 aromatic rings. The average Bonchev–Trinajstić information content (AvgIpc) is 3.08. The average molecular weight is 380 g/mol. The highest BCUT2D eigenvalue weighted by Crippen LogP contribution is 2.26. The Balaban J connectivity index is 1.70. The Bertz CT molecular complexity index is 868. The summed E-state index contributed by atoms with van der Waals surface area (Å²) in [6.07, 6.45) is 0. The van der Waals surface area contributed by atoms with Crippen LogP contribution >= 0.6 is 11.3 Å². The first kappa shape index (κ1) is 17.9. The molecule has 1 fully saturated rings. The third-order valence-electron chi connectivity index (χ3n) is 4.17. The Morgan fingerprint density at radius 2 is 1.76 bits per heavy atom. The Labute approximate surface area is 151 Å². The summed E-state index contributed by atoms with van der Waals surface area (Å²) < 4.78 is 32.4. The first-order valence-corrected chi connectivity index (χ1v) is 10.2. The lowest BCUT2D eigenvalue weighted by Gasteiger charge is -2.34. The molecule has 1 aromatic carbocycles. The topological polar surface area (TPSA) is 66.9 Å². The number of hydrogen-bond donors (Lipinski definition) is 0. The number of hydrogen-bond acceptors (Lipinski definition) is 5. The van der Waals surface area contributed by atoms with Crippen LogP contribution in [0.15, 0.2) is 40.6 Å². The lowest BCUT2D eigenvalue weighted by atomic mass is 10.1. The summed E-state index contributed by atoms with van der Waals surface area (Å²) in [5.41, 5.74) is 0.496. The number of thiophene rings is 1. The largest absolute Gasteiger partial charge is 0.496 e. The van der Waals surface area contributed by atoms with Crippen molar-refractivity contribution in [1.29, 1.82) is 0 Å². The summed E-state index contributed by atoms with van der Waals surface area (Å²) in [5, 5.41) is 0. The molecule has 1 saturated heterocycles. The number of aryl methyl sites for hydroxylation is 1. The van der Waals surface area contributed by atoms with E-state index in [0.29, 0.717) is 41.7 Å². The second-order valence-electron chi connectivity index (χ2n) is 5.76. The van der Waals surface area contributed by atoms with E-state index in [-0.39, 0.29) is 5.91 Å². The van der Waals surface area contributed by atoms with Crippen LogP contribution in [-0.4, -0.2) is 56.8 Å². The number of sulfonamides is 1. The van der Waals surface area contributed by atoms with Crippen molar-refractivity contribution < 1.29 is 17.9 Å². The van der Waals surface area contributed by atoms with Gasteiger partial charge in [-0.25, -0.2) is 8.42 Å². The fraction of sp³-hybridized carbons (Fsp3) is 0.353. The molecule has 2 heterocycles. The zero-order chi connectivity index (χ0) is 18.0. The normalized spacial score (nSPS) is 16.0. The molecule has 0 unspecified atom stereocenters. The molecule has 6 nitrogen and oxygen atoms in total. The number of carbonyl (C=O) groups is 1. The highest BCUT2D eigenvalue weighted by Gasteiger charge is 2.31. The minimum atomic E-state index is -3.48. The van der Waals surface area contributed by atoms with Gasteiger partial charge in [0.25, 0.3) is 15.9 Å². The minimum absolute atomic E-state index is 0.138. The summed E-state index contributed by atoms with van der Waals surface area (Å²) in [4.78, 5) is 15.3. The van der Waals surface area contributed by atoms with Crippen molar-refractivity contribution in [1.82, 2.24) is 9.21 Å². The van der Waals surface area contributed by atoms with Gasteiger partial charge in [-0.15, -0.1) is 11.3 Å². The number of amides is 1. The number of carbonyl (C=O) groups excluding carboxylic acids is 1. The second-order valence-corrected chi connectivity index (χ2v) is 9.21. The number of ether oxygens (including phenoxy) is 1. The van der Waals surface area contributed by atoms with Gasteiger partial charge in [-0.2, -0.15) is 4.31 Å². The van der Waals surface area contributed by atoms with Crippen LogP contribution in [0.1, 0.15) is 15.2 Å². The molecule has 3 rings (SSSR count). The molecular weight excluding hydrogens is 360 g/mol. The molecule has 0 radical (unpaired) electrons. The number of methoxy groups -OCH3 is 1. The molecule has 1 aliphatic heterocycles. The van der Waals surface area contributed by atoms with Crippen LogP contribution in [0.3, 0.4) is 0 Å². The molecular formula is C17H20N2O4S2. The molecule has 1 aliphatic rings. The molecule has 0 spiro atoms. The monoisotopic (exact) mass is 380 g/mol. The maximum Gasteiger partial charge on any atom is 0.257 e. The highest BCUT2D eigenvalue weighted by molar-refractivity contribution is 7.91. The minimum Gasteiger partial charge on any atom is -0.496 e. The van der Waals surface area contributed by atoms with Gasteiger partial charge < -0.3 is 9.64 Å². The summed E-state index contributed by atoms with van der Waals surface area (Å²) in [6, 6.07) is 10.5. The van der Waals surface area contributed by atoms with Crippen molar-refractivity contribution in [2.24, 2.45) is 0 Å². The van der Waals surface area contributed by atoms with E-state index in [0.717, 1.165) is 4.88 Å². The van der Waals surface area contributed by atoms with Crippen LogP contribution in [0.25, 0.3) is 0 Å². The van der Waals surface area contributed by atoms with Crippen LogP contribution in [-0.2, 0) is 10.0 Å². The maximum absolute atomic E-state index is 12.7. The predicted octanol–water partition coefficient (Wildman–Crippen LogP) is 2.21. The SMILES string of the molecule is COc1ccccc1C(=O)N1CCN(S(=O)(=O)c2ccc(C)s2)CC1. The molecule has 0 atom stereocenters.